The van der Waals surface area contributed by atoms with Gasteiger partial charge in [-0.1, -0.05) is 75.7 Å². The van der Waals surface area contributed by atoms with Crippen LogP contribution in [0.15, 0.2) is 54.7 Å². The van der Waals surface area contributed by atoms with Crippen molar-refractivity contribution in [2.75, 3.05) is 0 Å². The third-order valence-corrected chi connectivity index (χ3v) is 6.77. The van der Waals surface area contributed by atoms with Gasteiger partial charge in [0.2, 0.25) is 5.91 Å². The Morgan fingerprint density at radius 1 is 1.02 bits per heavy atom. The first-order chi connectivity index (χ1) is 19.4. The Bertz CT molecular complexity index is 1380. The van der Waals surface area contributed by atoms with E-state index in [1.165, 1.54) is 0 Å². The number of hydrogen-bond donors (Lipinski definition) is 5. The lowest BCUT2D eigenvalue weighted by Gasteiger charge is -2.22. The predicted molar refractivity (Wildman–Crippen MR) is 150 cm³/mol. The molecule has 0 aliphatic rings. The van der Waals surface area contributed by atoms with Gasteiger partial charge in [0.1, 0.15) is 11.7 Å². The van der Waals surface area contributed by atoms with Crippen molar-refractivity contribution in [1.82, 2.24) is 41.4 Å². The van der Waals surface area contributed by atoms with E-state index in [1.807, 2.05) is 68.6 Å². The van der Waals surface area contributed by atoms with Gasteiger partial charge in [-0.2, -0.15) is 0 Å². The molecule has 4 rings (SSSR count). The Kier molecular flexibility index (Phi) is 9.74. The molecule has 0 bridgehead atoms. The number of aromatic nitrogens is 6. The maximum absolute atomic E-state index is 13.3. The van der Waals surface area contributed by atoms with Gasteiger partial charge in [-0.25, -0.2) is 15.6 Å². The predicted octanol–water partition coefficient (Wildman–Crippen LogP) is 4.17. The Morgan fingerprint density at radius 2 is 1.77 bits per heavy atom. The number of aromatic amines is 2. The highest BCUT2D eigenvalue weighted by molar-refractivity contribution is 6.00. The average Bonchev–Trinajstić information content (AvgIpc) is 3.67. The summed E-state index contributed by atoms with van der Waals surface area (Å²) in [4.78, 5) is 33.6. The molecule has 11 nitrogen and oxygen atoms in total. The summed E-state index contributed by atoms with van der Waals surface area (Å²) in [5.74, 6) is -0.661. The summed E-state index contributed by atoms with van der Waals surface area (Å²) in [5, 5.41) is 26.5. The van der Waals surface area contributed by atoms with Crippen molar-refractivity contribution in [2.24, 2.45) is 11.8 Å². The van der Waals surface area contributed by atoms with Crippen LogP contribution >= 0.6 is 0 Å². The van der Waals surface area contributed by atoms with E-state index < -0.39 is 23.8 Å². The van der Waals surface area contributed by atoms with Gasteiger partial charge < -0.3 is 10.3 Å². The SMILES string of the molecule is CCCCc1nc(C(Cc2ccc(-c3ccccc3-c3nnn[nH]3)cc2)NC(=O)C(CC(C)C)C(=O)NO)c[nH]1. The number of benzene rings is 2. The second-order valence-electron chi connectivity index (χ2n) is 10.3. The molecular formula is C29H36N8O3. The number of tetrazole rings is 1. The van der Waals surface area contributed by atoms with Crippen molar-refractivity contribution in [2.45, 2.75) is 58.9 Å². The lowest BCUT2D eigenvalue weighted by Crippen LogP contribution is -2.42. The highest BCUT2D eigenvalue weighted by Gasteiger charge is 2.30. The molecule has 2 aromatic heterocycles. The first-order valence-corrected chi connectivity index (χ1v) is 13.6. The molecule has 0 aliphatic carbocycles. The number of nitrogens with zero attached hydrogens (tertiary/aromatic N) is 4. The molecule has 0 saturated heterocycles. The molecule has 4 aromatic rings. The molecule has 2 aromatic carbocycles. The zero-order valence-electron chi connectivity index (χ0n) is 23.0. The van der Waals surface area contributed by atoms with Crippen LogP contribution in [0, 0.1) is 11.8 Å². The Balaban J connectivity index is 1.58. The van der Waals surface area contributed by atoms with Crippen LogP contribution in [0.2, 0.25) is 0 Å². The van der Waals surface area contributed by atoms with Crippen molar-refractivity contribution in [3.05, 3.63) is 71.8 Å². The van der Waals surface area contributed by atoms with Gasteiger partial charge in [0.25, 0.3) is 5.91 Å². The molecule has 5 N–H and O–H groups in total. The molecule has 2 heterocycles. The lowest BCUT2D eigenvalue weighted by atomic mass is 9.94. The molecule has 40 heavy (non-hydrogen) atoms. The van der Waals surface area contributed by atoms with E-state index >= 15 is 0 Å². The largest absolute Gasteiger partial charge is 0.348 e. The van der Waals surface area contributed by atoms with Crippen LogP contribution in [0.1, 0.15) is 63.2 Å². The second kappa shape index (κ2) is 13.6. The second-order valence-corrected chi connectivity index (χ2v) is 10.3. The zero-order chi connectivity index (χ0) is 28.5. The fourth-order valence-corrected chi connectivity index (χ4v) is 4.68. The number of hydrogen-bond acceptors (Lipinski definition) is 7. The van der Waals surface area contributed by atoms with E-state index in [0.29, 0.717) is 24.4 Å². The van der Waals surface area contributed by atoms with Crippen LogP contribution in [0.3, 0.4) is 0 Å². The molecule has 2 amide bonds. The van der Waals surface area contributed by atoms with E-state index in [9.17, 15) is 14.8 Å². The molecule has 0 saturated carbocycles. The third kappa shape index (κ3) is 7.17. The number of imidazole rings is 1. The van der Waals surface area contributed by atoms with Crippen molar-refractivity contribution in [3.63, 3.8) is 0 Å². The highest BCUT2D eigenvalue weighted by Crippen LogP contribution is 2.30. The van der Waals surface area contributed by atoms with Gasteiger partial charge in [0, 0.05) is 18.2 Å². The standard InChI is InChI=1S/C29H36N8O3/c1-4-5-10-26-30-17-25(31-26)24(32-28(38)23(15-18(2)3)29(39)35-40)16-19-11-13-20(14-12-19)21-8-6-7-9-22(21)27-33-36-37-34-27/h6-9,11-14,17-18,23-24,40H,4-5,10,15-16H2,1-3H3,(H,30,31)(H,32,38)(H,35,39)(H,33,34,36,37). The van der Waals surface area contributed by atoms with Gasteiger partial charge in [-0.05, 0) is 52.3 Å². The van der Waals surface area contributed by atoms with Crippen molar-refractivity contribution in [3.8, 4) is 22.5 Å². The normalized spacial score (nSPS) is 12.7. The molecule has 0 radical (unpaired) electrons. The number of unbranched alkanes of at least 4 members (excludes halogenated alkanes) is 1. The number of amides is 2. The van der Waals surface area contributed by atoms with Crippen molar-refractivity contribution in [1.29, 1.82) is 0 Å². The molecule has 11 heteroatoms. The van der Waals surface area contributed by atoms with Gasteiger partial charge in [0.05, 0.1) is 11.7 Å². The maximum atomic E-state index is 13.3. The van der Waals surface area contributed by atoms with Crippen LogP contribution in [0.5, 0.6) is 0 Å². The van der Waals surface area contributed by atoms with Crippen LogP contribution in [0.4, 0.5) is 0 Å². The monoisotopic (exact) mass is 544 g/mol. The summed E-state index contributed by atoms with van der Waals surface area (Å²) in [6, 6.07) is 15.5. The fraction of sp³-hybridized carbons (Fsp3) is 0.379. The first kappa shape index (κ1) is 28.6. The van der Waals surface area contributed by atoms with Crippen molar-refractivity contribution >= 4 is 11.8 Å². The number of hydroxylamine groups is 1. The maximum Gasteiger partial charge on any atom is 0.255 e. The van der Waals surface area contributed by atoms with Crippen LogP contribution in [-0.2, 0) is 22.4 Å². The summed E-state index contributed by atoms with van der Waals surface area (Å²) < 4.78 is 0. The number of aryl methyl sites for hydroxylation is 1. The van der Waals surface area contributed by atoms with Gasteiger partial charge in [-0.15, -0.1) is 5.10 Å². The number of carbonyl (C=O) groups excluding carboxylic acids is 2. The Morgan fingerprint density at radius 3 is 2.42 bits per heavy atom. The van der Waals surface area contributed by atoms with Gasteiger partial charge >= 0.3 is 0 Å². The van der Waals surface area contributed by atoms with E-state index in [4.69, 9.17) is 4.98 Å². The van der Waals surface area contributed by atoms with Gasteiger partial charge in [-0.3, -0.25) is 14.8 Å². The number of H-pyrrole nitrogens is 2. The minimum absolute atomic E-state index is 0.0840. The Hall–Kier alpha value is -4.38. The number of nitrogens with one attached hydrogen (secondary N) is 4. The summed E-state index contributed by atoms with van der Waals surface area (Å²) in [7, 11) is 0. The number of carbonyl (C=O) groups is 2. The average molecular weight is 545 g/mol. The first-order valence-electron chi connectivity index (χ1n) is 13.6. The van der Waals surface area contributed by atoms with E-state index in [1.54, 1.807) is 5.48 Å². The van der Waals surface area contributed by atoms with E-state index in [0.717, 1.165) is 47.3 Å². The highest BCUT2D eigenvalue weighted by atomic mass is 16.5. The van der Waals surface area contributed by atoms with E-state index in [2.05, 4.69) is 37.8 Å². The Labute approximate surface area is 233 Å². The minimum atomic E-state index is -1.02. The topological polar surface area (TPSA) is 162 Å². The summed E-state index contributed by atoms with van der Waals surface area (Å²) >= 11 is 0. The lowest BCUT2D eigenvalue weighted by molar-refractivity contribution is -0.141. The van der Waals surface area contributed by atoms with Crippen LogP contribution in [0.25, 0.3) is 22.5 Å². The molecule has 210 valence electrons. The zero-order valence-corrected chi connectivity index (χ0v) is 23.0. The summed E-state index contributed by atoms with van der Waals surface area (Å²) in [6.45, 7) is 5.97. The smallest absolute Gasteiger partial charge is 0.255 e. The molecular weight excluding hydrogens is 508 g/mol. The fourth-order valence-electron chi connectivity index (χ4n) is 4.68. The third-order valence-electron chi connectivity index (χ3n) is 6.77. The number of rotatable bonds is 13. The van der Waals surface area contributed by atoms with Crippen molar-refractivity contribution < 1.29 is 14.8 Å². The molecule has 0 spiro atoms. The summed E-state index contributed by atoms with van der Waals surface area (Å²) in [5.41, 5.74) is 6.19. The molecule has 0 aliphatic heterocycles. The molecule has 0 fully saturated rings. The van der Waals surface area contributed by atoms with Crippen LogP contribution < -0.4 is 10.8 Å². The quantitative estimate of drug-likeness (QED) is 0.0958. The molecule has 2 unspecified atom stereocenters. The molecule has 2 atom stereocenters. The van der Waals surface area contributed by atoms with Gasteiger partial charge in [0.15, 0.2) is 5.82 Å². The van der Waals surface area contributed by atoms with E-state index in [-0.39, 0.29) is 5.92 Å². The van der Waals surface area contributed by atoms with Crippen LogP contribution in [-0.4, -0.2) is 47.6 Å². The summed E-state index contributed by atoms with van der Waals surface area (Å²) in [6.07, 6.45) is 5.45. The minimum Gasteiger partial charge on any atom is -0.348 e.